The molecule has 1 fully saturated rings. The molecule has 1 aliphatic rings. The standard InChI is InChI=1S/C30H38N2O2/c1-24(2)34-28-17-11-10-16-27(28)31(3)21-18-30(33)19-22-32(23-20-30)29(25-12-6-4-7-13-25)26-14-8-5-9-15-26/h4-17,24,29,33H,18-23H2,1-3H3. The molecule has 3 aromatic carbocycles. The third-order valence-electron chi connectivity index (χ3n) is 6.88. The Morgan fingerprint density at radius 1 is 0.853 bits per heavy atom. The largest absolute Gasteiger partial charge is 0.489 e. The van der Waals surface area contributed by atoms with Gasteiger partial charge in [-0.1, -0.05) is 72.8 Å². The van der Waals surface area contributed by atoms with Crippen molar-refractivity contribution in [3.05, 3.63) is 96.1 Å². The second-order valence-corrected chi connectivity index (χ2v) is 9.79. The van der Waals surface area contributed by atoms with Crippen LogP contribution >= 0.6 is 0 Å². The lowest BCUT2D eigenvalue weighted by Gasteiger charge is -2.42. The molecular formula is C30H38N2O2. The molecule has 0 aromatic heterocycles. The molecule has 0 atom stereocenters. The molecule has 0 radical (unpaired) electrons. The van der Waals surface area contributed by atoms with Crippen LogP contribution < -0.4 is 9.64 Å². The average molecular weight is 459 g/mol. The molecule has 1 saturated heterocycles. The van der Waals surface area contributed by atoms with E-state index in [4.69, 9.17) is 4.74 Å². The number of piperidine rings is 1. The van der Waals surface area contributed by atoms with E-state index >= 15 is 0 Å². The molecule has 4 heteroatoms. The van der Waals surface area contributed by atoms with E-state index in [2.05, 4.69) is 83.6 Å². The molecule has 0 saturated carbocycles. The van der Waals surface area contributed by atoms with Crippen LogP contribution in [-0.2, 0) is 0 Å². The van der Waals surface area contributed by atoms with Crippen LogP contribution in [0.4, 0.5) is 5.69 Å². The summed E-state index contributed by atoms with van der Waals surface area (Å²) in [7, 11) is 2.09. The predicted octanol–water partition coefficient (Wildman–Crippen LogP) is 5.92. The van der Waals surface area contributed by atoms with Gasteiger partial charge in [0.25, 0.3) is 0 Å². The summed E-state index contributed by atoms with van der Waals surface area (Å²) in [4.78, 5) is 4.73. The van der Waals surface area contributed by atoms with E-state index in [9.17, 15) is 5.11 Å². The van der Waals surface area contributed by atoms with Crippen LogP contribution in [0, 0.1) is 0 Å². The van der Waals surface area contributed by atoms with Crippen molar-refractivity contribution in [1.82, 2.24) is 4.90 Å². The second kappa shape index (κ2) is 11.1. The van der Waals surface area contributed by atoms with E-state index in [-0.39, 0.29) is 12.1 Å². The van der Waals surface area contributed by atoms with Crippen LogP contribution in [0.2, 0.25) is 0 Å². The highest BCUT2D eigenvalue weighted by molar-refractivity contribution is 5.58. The van der Waals surface area contributed by atoms with Crippen molar-refractivity contribution in [3.8, 4) is 5.75 Å². The Morgan fingerprint density at radius 3 is 1.94 bits per heavy atom. The number of para-hydroxylation sites is 2. The lowest BCUT2D eigenvalue weighted by atomic mass is 9.86. The lowest BCUT2D eigenvalue weighted by molar-refractivity contribution is -0.0321. The van der Waals surface area contributed by atoms with Crippen LogP contribution in [0.3, 0.4) is 0 Å². The first kappa shape index (κ1) is 24.3. The number of hydrogen-bond acceptors (Lipinski definition) is 4. The molecule has 0 bridgehead atoms. The summed E-state index contributed by atoms with van der Waals surface area (Å²) >= 11 is 0. The smallest absolute Gasteiger partial charge is 0.142 e. The number of aliphatic hydroxyl groups is 1. The van der Waals surface area contributed by atoms with Crippen molar-refractivity contribution in [2.45, 2.75) is 50.9 Å². The molecule has 1 heterocycles. The van der Waals surface area contributed by atoms with E-state index in [1.807, 2.05) is 32.0 Å². The molecule has 1 aliphatic heterocycles. The van der Waals surface area contributed by atoms with Crippen LogP contribution in [0.5, 0.6) is 5.75 Å². The SMILES string of the molecule is CC(C)Oc1ccccc1N(C)CCC1(O)CCN(C(c2ccccc2)c2ccccc2)CC1. The minimum Gasteiger partial charge on any atom is -0.489 e. The van der Waals surface area contributed by atoms with Gasteiger partial charge in [0.1, 0.15) is 5.75 Å². The van der Waals surface area contributed by atoms with Gasteiger partial charge in [-0.05, 0) is 56.4 Å². The number of hydrogen-bond donors (Lipinski definition) is 1. The fraction of sp³-hybridized carbons (Fsp3) is 0.400. The fourth-order valence-corrected chi connectivity index (χ4v) is 4.96. The summed E-state index contributed by atoms with van der Waals surface area (Å²) < 4.78 is 6.00. The quantitative estimate of drug-likeness (QED) is 0.432. The van der Waals surface area contributed by atoms with Crippen molar-refractivity contribution < 1.29 is 9.84 Å². The number of benzene rings is 3. The van der Waals surface area contributed by atoms with Gasteiger partial charge in [-0.25, -0.2) is 0 Å². The summed E-state index contributed by atoms with van der Waals surface area (Å²) in [6.45, 7) is 6.63. The Balaban J connectivity index is 1.40. The number of nitrogens with zero attached hydrogens (tertiary/aromatic N) is 2. The third kappa shape index (κ3) is 5.99. The van der Waals surface area contributed by atoms with Crippen molar-refractivity contribution in [2.75, 3.05) is 31.6 Å². The highest BCUT2D eigenvalue weighted by Gasteiger charge is 2.35. The van der Waals surface area contributed by atoms with Gasteiger partial charge >= 0.3 is 0 Å². The van der Waals surface area contributed by atoms with Crippen molar-refractivity contribution in [3.63, 3.8) is 0 Å². The van der Waals surface area contributed by atoms with Crippen LogP contribution in [0.25, 0.3) is 0 Å². The van der Waals surface area contributed by atoms with Gasteiger partial charge in [0.2, 0.25) is 0 Å². The average Bonchev–Trinajstić information content (AvgIpc) is 2.85. The monoisotopic (exact) mass is 458 g/mol. The van der Waals surface area contributed by atoms with Gasteiger partial charge in [0.05, 0.1) is 23.4 Å². The van der Waals surface area contributed by atoms with Gasteiger partial charge in [-0.3, -0.25) is 4.90 Å². The first-order chi connectivity index (χ1) is 16.5. The van der Waals surface area contributed by atoms with Gasteiger partial charge in [0, 0.05) is 26.7 Å². The lowest BCUT2D eigenvalue weighted by Crippen LogP contribution is -2.47. The van der Waals surface area contributed by atoms with E-state index in [1.165, 1.54) is 11.1 Å². The summed E-state index contributed by atoms with van der Waals surface area (Å²) in [6.07, 6.45) is 2.43. The van der Waals surface area contributed by atoms with Gasteiger partial charge in [-0.2, -0.15) is 0 Å². The minimum atomic E-state index is -0.642. The molecule has 180 valence electrons. The maximum absolute atomic E-state index is 11.4. The number of ether oxygens (including phenoxy) is 1. The number of anilines is 1. The third-order valence-corrected chi connectivity index (χ3v) is 6.88. The summed E-state index contributed by atoms with van der Waals surface area (Å²) in [5, 5.41) is 11.4. The summed E-state index contributed by atoms with van der Waals surface area (Å²) in [6, 6.07) is 29.8. The summed E-state index contributed by atoms with van der Waals surface area (Å²) in [5.74, 6) is 0.898. The minimum absolute atomic E-state index is 0.130. The highest BCUT2D eigenvalue weighted by Crippen LogP contribution is 2.35. The Morgan fingerprint density at radius 2 is 1.38 bits per heavy atom. The molecule has 0 spiro atoms. The van der Waals surface area contributed by atoms with E-state index < -0.39 is 5.60 Å². The molecule has 3 aromatic rings. The number of rotatable bonds is 9. The second-order valence-electron chi connectivity index (χ2n) is 9.79. The molecule has 0 amide bonds. The topological polar surface area (TPSA) is 35.9 Å². The first-order valence-corrected chi connectivity index (χ1v) is 12.5. The normalized spacial score (nSPS) is 16.1. The Bertz CT molecular complexity index is 975. The van der Waals surface area contributed by atoms with Crippen LogP contribution in [0.1, 0.15) is 50.3 Å². The highest BCUT2D eigenvalue weighted by atomic mass is 16.5. The molecule has 1 N–H and O–H groups in total. The van der Waals surface area contributed by atoms with E-state index in [1.54, 1.807) is 0 Å². The van der Waals surface area contributed by atoms with Gasteiger partial charge < -0.3 is 14.7 Å². The van der Waals surface area contributed by atoms with Crippen LogP contribution in [0.15, 0.2) is 84.9 Å². The van der Waals surface area contributed by atoms with Crippen molar-refractivity contribution in [1.29, 1.82) is 0 Å². The van der Waals surface area contributed by atoms with Crippen molar-refractivity contribution >= 4 is 5.69 Å². The Labute approximate surface area is 204 Å². The molecule has 34 heavy (non-hydrogen) atoms. The molecule has 0 aliphatic carbocycles. The number of likely N-dealkylation sites (tertiary alicyclic amines) is 1. The van der Waals surface area contributed by atoms with E-state index in [0.717, 1.165) is 50.3 Å². The molecule has 4 nitrogen and oxygen atoms in total. The molecule has 4 rings (SSSR count). The zero-order chi connectivity index (χ0) is 24.0. The maximum atomic E-state index is 11.4. The Kier molecular flexibility index (Phi) is 7.91. The zero-order valence-corrected chi connectivity index (χ0v) is 20.7. The Hall–Kier alpha value is -2.82. The van der Waals surface area contributed by atoms with Gasteiger partial charge in [-0.15, -0.1) is 0 Å². The molecular weight excluding hydrogens is 420 g/mol. The van der Waals surface area contributed by atoms with Crippen LogP contribution in [-0.4, -0.2) is 48.4 Å². The van der Waals surface area contributed by atoms with Crippen molar-refractivity contribution in [2.24, 2.45) is 0 Å². The predicted molar refractivity (Wildman–Crippen MR) is 141 cm³/mol. The first-order valence-electron chi connectivity index (χ1n) is 12.5. The maximum Gasteiger partial charge on any atom is 0.142 e. The van der Waals surface area contributed by atoms with Gasteiger partial charge in [0.15, 0.2) is 0 Å². The zero-order valence-electron chi connectivity index (χ0n) is 20.7. The summed E-state index contributed by atoms with van der Waals surface area (Å²) in [5.41, 5.74) is 3.04. The fourth-order valence-electron chi connectivity index (χ4n) is 4.96. The molecule has 0 unspecified atom stereocenters. The van der Waals surface area contributed by atoms with E-state index in [0.29, 0.717) is 0 Å².